The average molecular weight is 398 g/mol. The molecule has 1 amide bonds. The maximum Gasteiger partial charge on any atom is 0.331 e. The number of aromatic nitrogens is 2. The van der Waals surface area contributed by atoms with Crippen LogP contribution in [0.3, 0.4) is 0 Å². The Kier molecular flexibility index (Phi) is 6.72. The quantitative estimate of drug-likeness (QED) is 0.814. The van der Waals surface area contributed by atoms with Crippen molar-refractivity contribution < 1.29 is 4.79 Å². The summed E-state index contributed by atoms with van der Waals surface area (Å²) in [5.74, 6) is 1.21. The zero-order valence-corrected chi connectivity index (χ0v) is 17.5. The van der Waals surface area contributed by atoms with E-state index in [1.54, 1.807) is 0 Å². The van der Waals surface area contributed by atoms with Crippen molar-refractivity contribution in [1.29, 1.82) is 0 Å². The minimum absolute atomic E-state index is 0.0946. The van der Waals surface area contributed by atoms with Crippen LogP contribution in [0, 0.1) is 17.8 Å². The van der Waals surface area contributed by atoms with Crippen molar-refractivity contribution >= 4 is 5.91 Å². The summed E-state index contributed by atoms with van der Waals surface area (Å²) in [6.45, 7) is 6.69. The molecule has 2 aromatic rings. The second-order valence-electron chi connectivity index (χ2n) is 8.64. The lowest BCUT2D eigenvalue weighted by Gasteiger charge is -2.37. The largest absolute Gasteiger partial charge is 0.352 e. The number of carbonyl (C=O) groups excluding carboxylic acids is 1. The Bertz CT molecular complexity index is 946. The summed E-state index contributed by atoms with van der Waals surface area (Å²) >= 11 is 0. The Morgan fingerprint density at radius 2 is 1.86 bits per heavy atom. The van der Waals surface area contributed by atoms with E-state index in [1.165, 1.54) is 23.3 Å². The number of hydrogen-bond donors (Lipinski definition) is 1. The van der Waals surface area contributed by atoms with Crippen LogP contribution in [0.5, 0.6) is 0 Å². The number of amides is 1. The van der Waals surface area contributed by atoms with E-state index in [9.17, 15) is 14.4 Å². The van der Waals surface area contributed by atoms with Gasteiger partial charge in [0.25, 0.3) is 5.56 Å². The highest BCUT2D eigenvalue weighted by molar-refractivity contribution is 5.76. The van der Waals surface area contributed by atoms with Crippen LogP contribution in [0.4, 0.5) is 0 Å². The first-order valence-corrected chi connectivity index (χ1v) is 10.5. The van der Waals surface area contributed by atoms with E-state index in [-0.39, 0.29) is 18.5 Å². The smallest absolute Gasteiger partial charge is 0.331 e. The van der Waals surface area contributed by atoms with Crippen molar-refractivity contribution in [3.8, 4) is 0 Å². The third-order valence-electron chi connectivity index (χ3n) is 6.01. The fraction of sp³-hybridized carbons (Fsp3) is 0.522. The summed E-state index contributed by atoms with van der Waals surface area (Å²) in [4.78, 5) is 37.8. The normalized spacial score (nSPS) is 21.9. The van der Waals surface area contributed by atoms with Crippen molar-refractivity contribution in [2.45, 2.75) is 59.2 Å². The molecule has 6 nitrogen and oxygen atoms in total. The summed E-state index contributed by atoms with van der Waals surface area (Å²) < 4.78 is 2.48. The van der Waals surface area contributed by atoms with Crippen LogP contribution in [0.1, 0.15) is 45.6 Å². The van der Waals surface area contributed by atoms with Gasteiger partial charge in [-0.1, -0.05) is 57.5 Å². The van der Waals surface area contributed by atoms with Crippen LogP contribution in [0.15, 0.2) is 52.2 Å². The number of carbonyl (C=O) groups is 1. The standard InChI is InChI=1S/C23H31N3O3/c1-16(2)19-10-9-17(3)13-20(19)24-21(27)15-26-22(28)11-12-25(23(26)29)14-18-7-5-4-6-8-18/h4-8,11-12,16-17,19-20H,9-10,13-15H2,1-3H3,(H,24,27). The summed E-state index contributed by atoms with van der Waals surface area (Å²) in [5, 5.41) is 3.11. The summed E-state index contributed by atoms with van der Waals surface area (Å²) in [6.07, 6.45) is 4.71. The zero-order valence-electron chi connectivity index (χ0n) is 17.5. The van der Waals surface area contributed by atoms with E-state index in [1.807, 2.05) is 30.3 Å². The fourth-order valence-corrected chi connectivity index (χ4v) is 4.37. The van der Waals surface area contributed by atoms with E-state index in [4.69, 9.17) is 0 Å². The SMILES string of the molecule is CC1CCC(C(C)C)C(NC(=O)Cn2c(=O)ccn(Cc3ccccc3)c2=O)C1. The van der Waals surface area contributed by atoms with E-state index in [0.717, 1.165) is 23.0 Å². The molecule has 6 heteroatoms. The molecule has 1 heterocycles. The van der Waals surface area contributed by atoms with Crippen LogP contribution >= 0.6 is 0 Å². The van der Waals surface area contributed by atoms with E-state index < -0.39 is 11.2 Å². The second kappa shape index (κ2) is 9.25. The van der Waals surface area contributed by atoms with Gasteiger partial charge >= 0.3 is 5.69 Å². The lowest BCUT2D eigenvalue weighted by Crippen LogP contribution is -2.49. The number of nitrogens with zero attached hydrogens (tertiary/aromatic N) is 2. The lowest BCUT2D eigenvalue weighted by molar-refractivity contribution is -0.123. The Hall–Kier alpha value is -2.63. The van der Waals surface area contributed by atoms with Crippen LogP contribution in [-0.2, 0) is 17.9 Å². The highest BCUT2D eigenvalue weighted by Gasteiger charge is 2.31. The van der Waals surface area contributed by atoms with Gasteiger partial charge in [-0.25, -0.2) is 4.79 Å². The van der Waals surface area contributed by atoms with Crippen LogP contribution in [-0.4, -0.2) is 21.1 Å². The van der Waals surface area contributed by atoms with Crippen molar-refractivity contribution in [2.75, 3.05) is 0 Å². The molecule has 3 rings (SSSR count). The Morgan fingerprint density at radius 1 is 1.14 bits per heavy atom. The van der Waals surface area contributed by atoms with E-state index >= 15 is 0 Å². The van der Waals surface area contributed by atoms with Crippen molar-refractivity contribution in [1.82, 2.24) is 14.5 Å². The molecule has 1 aromatic heterocycles. The minimum atomic E-state index is -0.464. The molecule has 29 heavy (non-hydrogen) atoms. The van der Waals surface area contributed by atoms with Crippen molar-refractivity contribution in [3.05, 3.63) is 69.0 Å². The van der Waals surface area contributed by atoms with Gasteiger partial charge in [-0.15, -0.1) is 0 Å². The summed E-state index contributed by atoms with van der Waals surface area (Å²) in [7, 11) is 0. The highest BCUT2D eigenvalue weighted by atomic mass is 16.2. The van der Waals surface area contributed by atoms with Gasteiger partial charge in [-0.2, -0.15) is 0 Å². The van der Waals surface area contributed by atoms with Crippen LogP contribution < -0.4 is 16.6 Å². The molecule has 1 fully saturated rings. The molecular weight excluding hydrogens is 366 g/mol. The molecule has 0 radical (unpaired) electrons. The molecule has 1 saturated carbocycles. The Labute approximate surface area is 171 Å². The third kappa shape index (κ3) is 5.25. The van der Waals surface area contributed by atoms with Crippen molar-refractivity contribution in [2.24, 2.45) is 17.8 Å². The first kappa shape index (κ1) is 21.1. The van der Waals surface area contributed by atoms with Gasteiger partial charge in [0.05, 0.1) is 6.54 Å². The fourth-order valence-electron chi connectivity index (χ4n) is 4.37. The Balaban J connectivity index is 1.75. The van der Waals surface area contributed by atoms with Crippen LogP contribution in [0.25, 0.3) is 0 Å². The maximum absolute atomic E-state index is 12.8. The number of nitrogens with one attached hydrogen (secondary N) is 1. The number of rotatable bonds is 6. The maximum atomic E-state index is 12.8. The van der Waals surface area contributed by atoms with E-state index in [0.29, 0.717) is 24.3 Å². The molecule has 156 valence electrons. The monoisotopic (exact) mass is 397 g/mol. The van der Waals surface area contributed by atoms with Gasteiger partial charge in [-0.3, -0.25) is 18.7 Å². The zero-order chi connectivity index (χ0) is 21.0. The highest BCUT2D eigenvalue weighted by Crippen LogP contribution is 2.33. The lowest BCUT2D eigenvalue weighted by atomic mass is 9.74. The molecule has 3 atom stereocenters. The number of benzene rings is 1. The van der Waals surface area contributed by atoms with Crippen LogP contribution in [0.2, 0.25) is 0 Å². The molecule has 0 spiro atoms. The molecule has 0 saturated heterocycles. The van der Waals surface area contributed by atoms with Crippen molar-refractivity contribution in [3.63, 3.8) is 0 Å². The molecule has 3 unspecified atom stereocenters. The molecule has 1 N–H and O–H groups in total. The van der Waals surface area contributed by atoms with Gasteiger partial charge in [-0.05, 0) is 36.2 Å². The third-order valence-corrected chi connectivity index (χ3v) is 6.01. The molecule has 0 aliphatic heterocycles. The summed E-state index contributed by atoms with van der Waals surface area (Å²) in [5.41, 5.74) is 0.0426. The van der Waals surface area contributed by atoms with Gasteiger partial charge in [0.15, 0.2) is 0 Å². The molecule has 1 aliphatic rings. The minimum Gasteiger partial charge on any atom is -0.352 e. The summed E-state index contributed by atoms with van der Waals surface area (Å²) in [6, 6.07) is 11.0. The van der Waals surface area contributed by atoms with Gasteiger partial charge < -0.3 is 5.32 Å². The van der Waals surface area contributed by atoms with Gasteiger partial charge in [0, 0.05) is 18.3 Å². The average Bonchev–Trinajstić information content (AvgIpc) is 2.68. The van der Waals surface area contributed by atoms with Gasteiger partial charge in [0.1, 0.15) is 6.54 Å². The molecular formula is C23H31N3O3. The predicted molar refractivity (Wildman–Crippen MR) is 114 cm³/mol. The topological polar surface area (TPSA) is 73.1 Å². The van der Waals surface area contributed by atoms with E-state index in [2.05, 4.69) is 26.1 Å². The van der Waals surface area contributed by atoms with Gasteiger partial charge in [0.2, 0.25) is 5.91 Å². The first-order valence-electron chi connectivity index (χ1n) is 10.5. The first-order chi connectivity index (χ1) is 13.8. The molecule has 1 aliphatic carbocycles. The molecule has 0 bridgehead atoms. The predicted octanol–water partition coefficient (Wildman–Crippen LogP) is 2.64. The number of hydrogen-bond acceptors (Lipinski definition) is 3. The molecule has 1 aromatic carbocycles. The second-order valence-corrected chi connectivity index (χ2v) is 8.64. The Morgan fingerprint density at radius 3 is 2.55 bits per heavy atom.